The molecule has 0 atom stereocenters. The molecule has 0 aliphatic rings. The van der Waals surface area contributed by atoms with Crippen LogP contribution in [0.15, 0.2) is 0 Å². The Labute approximate surface area is 140 Å². The second kappa shape index (κ2) is 7.18. The molecule has 0 radical (unpaired) electrons. The molecule has 0 fully saturated rings. The van der Waals surface area contributed by atoms with Gasteiger partial charge in [-0.05, 0) is 0 Å². The smallest absolute Gasteiger partial charge is 0.360 e. The molecule has 0 aromatic rings. The summed E-state index contributed by atoms with van der Waals surface area (Å²) in [6.45, 7) is 0. The van der Waals surface area contributed by atoms with E-state index in [0.29, 0.717) is 0 Å². The zero-order valence-corrected chi connectivity index (χ0v) is 11.7. The van der Waals surface area contributed by atoms with Gasteiger partial charge in [0.05, 0.1) is 0 Å². The molecule has 0 spiro atoms. The van der Waals surface area contributed by atoms with Crippen LogP contribution >= 0.6 is 0 Å². The van der Waals surface area contributed by atoms with Crippen molar-refractivity contribution in [2.24, 2.45) is 0 Å². The molecule has 6 nitrogen and oxygen atoms in total. The number of hydrogen-bond donors (Lipinski definition) is 0. The summed E-state index contributed by atoms with van der Waals surface area (Å²) in [6, 6.07) is 0. The Kier molecular flexibility index (Phi) is 6.56. The first-order valence-electron chi connectivity index (χ1n) is 5.45. The molecular formula is C8F14O6. The van der Waals surface area contributed by atoms with E-state index in [1.165, 1.54) is 0 Å². The number of carbonyl (C=O) groups is 2. The number of hydrogen-bond acceptors (Lipinski definition) is 6. The zero-order chi connectivity index (χ0) is 23.0. The third-order valence-electron chi connectivity index (χ3n) is 2.04. The number of halogens is 14. The van der Waals surface area contributed by atoms with Gasteiger partial charge in [0, 0.05) is 0 Å². The molecule has 166 valence electrons. The summed E-state index contributed by atoms with van der Waals surface area (Å²) >= 11 is 0. The molecule has 0 aliphatic carbocycles. The molecule has 0 bridgehead atoms. The first kappa shape index (κ1) is 25.6. The minimum absolute atomic E-state index is 2.12. The van der Waals surface area contributed by atoms with Crippen molar-refractivity contribution in [1.29, 1.82) is 0 Å². The summed E-state index contributed by atoms with van der Waals surface area (Å²) in [5, 5.41) is 0. The van der Waals surface area contributed by atoms with Crippen molar-refractivity contribution < 1.29 is 90.3 Å². The second-order valence-electron chi connectivity index (χ2n) is 4.05. The van der Waals surface area contributed by atoms with Crippen molar-refractivity contribution in [3.63, 3.8) is 0 Å². The molecule has 20 heteroatoms. The number of alkyl halides is 14. The molecule has 0 aromatic heterocycles. The van der Waals surface area contributed by atoms with Gasteiger partial charge in [-0.25, -0.2) is 0 Å². The largest absolute Gasteiger partial charge is 0.554 e. The zero-order valence-electron chi connectivity index (χ0n) is 11.7. The van der Waals surface area contributed by atoms with Gasteiger partial charge in [0.15, 0.2) is 0 Å². The van der Waals surface area contributed by atoms with E-state index < -0.39 is 48.7 Å². The molecule has 0 N–H and O–H groups in total. The third-order valence-corrected chi connectivity index (χ3v) is 2.04. The summed E-state index contributed by atoms with van der Waals surface area (Å²) in [4.78, 5) is 25.8. The Balaban J connectivity index is 4.96. The van der Waals surface area contributed by atoms with Crippen molar-refractivity contribution in [3.8, 4) is 0 Å². The van der Waals surface area contributed by atoms with Crippen LogP contribution in [0.5, 0.6) is 0 Å². The van der Waals surface area contributed by atoms with Gasteiger partial charge < -0.3 is 9.47 Å². The van der Waals surface area contributed by atoms with Gasteiger partial charge in [0.25, 0.3) is 0 Å². The van der Waals surface area contributed by atoms with Crippen LogP contribution < -0.4 is 0 Å². The molecule has 0 rings (SSSR count). The van der Waals surface area contributed by atoms with E-state index >= 15 is 0 Å². The van der Waals surface area contributed by atoms with Gasteiger partial charge in [-0.1, -0.05) is 0 Å². The molecule has 0 amide bonds. The maximum absolute atomic E-state index is 12.5. The molecule has 0 aliphatic heterocycles. The van der Waals surface area contributed by atoms with E-state index in [4.69, 9.17) is 0 Å². The van der Waals surface area contributed by atoms with Crippen molar-refractivity contribution >= 4 is 12.3 Å². The van der Waals surface area contributed by atoms with Crippen LogP contribution in [0, 0.1) is 0 Å². The highest BCUT2D eigenvalue weighted by Crippen LogP contribution is 2.48. The van der Waals surface area contributed by atoms with Gasteiger partial charge in [-0.2, -0.15) is 80.8 Å². The van der Waals surface area contributed by atoms with Crippen LogP contribution in [0.25, 0.3) is 0 Å². The van der Waals surface area contributed by atoms with Crippen molar-refractivity contribution in [3.05, 3.63) is 0 Å². The number of carbonyl (C=O) groups excluding carboxylic acids is 2. The van der Waals surface area contributed by atoms with Gasteiger partial charge >= 0.3 is 48.7 Å². The lowest BCUT2D eigenvalue weighted by Gasteiger charge is -2.26. The lowest BCUT2D eigenvalue weighted by Crippen LogP contribution is -2.54. The van der Waals surface area contributed by atoms with Gasteiger partial charge in [-0.15, -0.1) is 0 Å². The molecule has 0 saturated carbocycles. The van der Waals surface area contributed by atoms with E-state index in [1.807, 2.05) is 0 Å². The van der Waals surface area contributed by atoms with E-state index in [2.05, 4.69) is 19.2 Å². The van der Waals surface area contributed by atoms with Gasteiger partial charge in [-0.3, -0.25) is 0 Å². The van der Waals surface area contributed by atoms with Crippen LogP contribution in [0.3, 0.4) is 0 Å². The molecular weight excluding hydrogens is 458 g/mol. The highest BCUT2D eigenvalue weighted by Gasteiger charge is 2.77. The molecule has 0 aromatic carbocycles. The maximum atomic E-state index is 12.5. The molecule has 0 unspecified atom stereocenters. The van der Waals surface area contributed by atoms with Gasteiger partial charge in [0.2, 0.25) is 0 Å². The highest BCUT2D eigenvalue weighted by molar-refractivity contribution is 5.64. The Hall–Kier alpha value is -2.44. The predicted octanol–water partition coefficient (Wildman–Crippen LogP) is 4.79. The number of ether oxygens (including phenoxy) is 2. The monoisotopic (exact) mass is 458 g/mol. The van der Waals surface area contributed by atoms with E-state index in [-0.39, 0.29) is 0 Å². The standard InChI is InChI=1S/C8F14O6/c9-3(10,5(13,14)15)7(19,20)25-1(23)27-28-2(24)26-8(21,22)4(11,12)6(16,17)18. The van der Waals surface area contributed by atoms with E-state index in [9.17, 15) is 71.1 Å². The highest BCUT2D eigenvalue weighted by atomic mass is 19.4. The van der Waals surface area contributed by atoms with Crippen LogP contribution in [0.4, 0.5) is 71.1 Å². The topological polar surface area (TPSA) is 71.1 Å². The first-order valence-corrected chi connectivity index (χ1v) is 5.45. The average Bonchev–Trinajstić information content (AvgIpc) is 2.41. The first-order chi connectivity index (χ1) is 12.0. The fraction of sp³-hybridized carbons (Fsp3) is 0.750. The molecule has 0 heterocycles. The minimum atomic E-state index is -7.05. The fourth-order valence-corrected chi connectivity index (χ4v) is 0.770. The summed E-state index contributed by atoms with van der Waals surface area (Å²) in [5.41, 5.74) is 0. The number of rotatable bonds is 4. The van der Waals surface area contributed by atoms with Crippen LogP contribution in [0.2, 0.25) is 0 Å². The lowest BCUT2D eigenvalue weighted by atomic mass is 10.3. The summed E-state index contributed by atoms with van der Waals surface area (Å²) in [5.74, 6) is -14.1. The van der Waals surface area contributed by atoms with E-state index in [0.717, 1.165) is 0 Å². The predicted molar refractivity (Wildman–Crippen MR) is 47.0 cm³/mol. The molecule has 0 saturated heterocycles. The Morgan fingerprint density at radius 1 is 0.464 bits per heavy atom. The minimum Gasteiger partial charge on any atom is -0.360 e. The normalized spacial score (nSPS) is 14.4. The SMILES string of the molecule is O=C(OOC(=O)OC(F)(F)C(F)(F)C(F)(F)F)OC(F)(F)C(F)(F)C(F)(F)F. The quantitative estimate of drug-likeness (QED) is 0.261. The Morgan fingerprint density at radius 3 is 0.857 bits per heavy atom. The lowest BCUT2D eigenvalue weighted by molar-refractivity contribution is -0.423. The van der Waals surface area contributed by atoms with Crippen LogP contribution in [-0.2, 0) is 19.2 Å². The summed E-state index contributed by atoms with van der Waals surface area (Å²) in [7, 11) is 0. The average molecular weight is 458 g/mol. The van der Waals surface area contributed by atoms with Crippen molar-refractivity contribution in [1.82, 2.24) is 0 Å². The third kappa shape index (κ3) is 5.09. The van der Waals surface area contributed by atoms with Gasteiger partial charge in [0.1, 0.15) is 0 Å². The molecule has 28 heavy (non-hydrogen) atoms. The fourth-order valence-electron chi connectivity index (χ4n) is 0.770. The Morgan fingerprint density at radius 2 is 0.679 bits per heavy atom. The Bertz CT molecular complexity index is 540. The van der Waals surface area contributed by atoms with Crippen molar-refractivity contribution in [2.75, 3.05) is 0 Å². The van der Waals surface area contributed by atoms with E-state index in [1.54, 1.807) is 0 Å². The summed E-state index contributed by atoms with van der Waals surface area (Å²) < 4.78 is 174. The van der Waals surface area contributed by atoms with Crippen molar-refractivity contribution in [2.45, 2.75) is 36.4 Å². The second-order valence-corrected chi connectivity index (χ2v) is 4.05. The van der Waals surface area contributed by atoms with Crippen LogP contribution in [-0.4, -0.2) is 48.7 Å². The summed E-state index contributed by atoms with van der Waals surface area (Å²) in [6.07, 6.45) is -34.4. The van der Waals surface area contributed by atoms with Crippen LogP contribution in [0.1, 0.15) is 0 Å². The maximum Gasteiger partial charge on any atom is 0.554 e.